The van der Waals surface area contributed by atoms with Gasteiger partial charge in [0.05, 0.1) is 13.2 Å². The molecule has 1 heterocycles. The minimum Gasteiger partial charge on any atom is -0.457 e. The molecule has 0 aromatic heterocycles. The van der Waals surface area contributed by atoms with Crippen LogP contribution in [0, 0.1) is 0 Å². The minimum absolute atomic E-state index is 0.246. The maximum Gasteiger partial charge on any atom is 0.303 e. The quantitative estimate of drug-likeness (QED) is 0.632. The zero-order valence-electron chi connectivity index (χ0n) is 9.60. The normalized spacial score (nSPS) is 29.6. The molecule has 0 saturated carbocycles. The lowest BCUT2D eigenvalue weighted by Crippen LogP contribution is -2.52. The molecule has 1 rings (SSSR count). The van der Waals surface area contributed by atoms with Gasteiger partial charge in [0.2, 0.25) is 0 Å². The Bertz CT molecular complexity index is 240. The number of carbonyl (C=O) groups is 2. The van der Waals surface area contributed by atoms with Gasteiger partial charge in [-0.3, -0.25) is 9.59 Å². The minimum atomic E-state index is -0.541. The molecule has 0 bridgehead atoms. The van der Waals surface area contributed by atoms with Crippen LogP contribution in [0.25, 0.3) is 0 Å². The summed E-state index contributed by atoms with van der Waals surface area (Å²) >= 11 is 0. The van der Waals surface area contributed by atoms with Crippen molar-refractivity contribution >= 4 is 11.9 Å². The van der Waals surface area contributed by atoms with Crippen LogP contribution in [0.5, 0.6) is 0 Å². The third-order valence-electron chi connectivity index (χ3n) is 2.20. The van der Waals surface area contributed by atoms with Crippen LogP contribution in [-0.2, 0) is 28.5 Å². The van der Waals surface area contributed by atoms with Gasteiger partial charge in [-0.2, -0.15) is 0 Å². The summed E-state index contributed by atoms with van der Waals surface area (Å²) in [6, 6.07) is 0. The van der Waals surface area contributed by atoms with Crippen molar-refractivity contribution in [3.63, 3.8) is 0 Å². The number of carbonyl (C=O) groups excluding carboxylic acids is 2. The Morgan fingerprint density at radius 1 is 1.06 bits per heavy atom. The molecule has 2 atom stereocenters. The fraction of sp³-hybridized carbons (Fsp3) is 0.800. The first-order chi connectivity index (χ1) is 7.54. The van der Waals surface area contributed by atoms with Crippen LogP contribution in [0.1, 0.15) is 13.8 Å². The summed E-state index contributed by atoms with van der Waals surface area (Å²) in [6.45, 7) is 3.11. The van der Waals surface area contributed by atoms with E-state index in [9.17, 15) is 9.59 Å². The first kappa shape index (κ1) is 12.9. The van der Waals surface area contributed by atoms with Gasteiger partial charge in [-0.1, -0.05) is 0 Å². The van der Waals surface area contributed by atoms with Crippen molar-refractivity contribution in [3.05, 3.63) is 0 Å². The topological polar surface area (TPSA) is 71.1 Å². The number of esters is 2. The number of methoxy groups -OCH3 is 1. The largest absolute Gasteiger partial charge is 0.457 e. The van der Waals surface area contributed by atoms with Gasteiger partial charge in [0.15, 0.2) is 12.2 Å². The lowest BCUT2D eigenvalue weighted by Gasteiger charge is -2.35. The highest BCUT2D eigenvalue weighted by atomic mass is 16.6. The van der Waals surface area contributed by atoms with Crippen molar-refractivity contribution < 1.29 is 28.5 Å². The predicted octanol–water partition coefficient (Wildman–Crippen LogP) is -0.105. The highest BCUT2D eigenvalue weighted by Crippen LogP contribution is 2.18. The Hall–Kier alpha value is -1.14. The van der Waals surface area contributed by atoms with Crippen molar-refractivity contribution in [3.8, 4) is 0 Å². The molecule has 0 amide bonds. The van der Waals surface area contributed by atoms with Crippen molar-refractivity contribution in [1.82, 2.24) is 0 Å². The second-order valence-electron chi connectivity index (χ2n) is 3.53. The van der Waals surface area contributed by atoms with E-state index < -0.39 is 30.3 Å². The Morgan fingerprint density at radius 2 is 1.50 bits per heavy atom. The van der Waals surface area contributed by atoms with Gasteiger partial charge in [-0.05, 0) is 0 Å². The summed E-state index contributed by atoms with van der Waals surface area (Å²) in [7, 11) is 1.48. The van der Waals surface area contributed by atoms with Crippen molar-refractivity contribution in [2.75, 3.05) is 20.3 Å². The van der Waals surface area contributed by atoms with Gasteiger partial charge >= 0.3 is 11.9 Å². The fourth-order valence-corrected chi connectivity index (χ4v) is 1.66. The molecule has 6 nitrogen and oxygen atoms in total. The van der Waals surface area contributed by atoms with Gasteiger partial charge in [-0.15, -0.1) is 0 Å². The number of ether oxygens (including phenoxy) is 4. The third kappa shape index (κ3) is 3.46. The average Bonchev–Trinajstić information content (AvgIpc) is 2.16. The summed E-state index contributed by atoms with van der Waals surface area (Å²) in [5.74, 6) is -0.835. The van der Waals surface area contributed by atoms with E-state index in [4.69, 9.17) is 18.9 Å². The van der Waals surface area contributed by atoms with Crippen LogP contribution in [-0.4, -0.2) is 50.6 Å². The lowest BCUT2D eigenvalue weighted by molar-refractivity contribution is -0.201. The van der Waals surface area contributed by atoms with Gasteiger partial charge in [0.25, 0.3) is 0 Å². The van der Waals surface area contributed by atoms with Gasteiger partial charge in [-0.25, -0.2) is 0 Å². The zero-order valence-corrected chi connectivity index (χ0v) is 9.60. The Balaban J connectivity index is 2.64. The first-order valence-electron chi connectivity index (χ1n) is 4.99. The zero-order chi connectivity index (χ0) is 12.1. The first-order valence-corrected chi connectivity index (χ1v) is 4.99. The van der Waals surface area contributed by atoms with Gasteiger partial charge < -0.3 is 18.9 Å². The Morgan fingerprint density at radius 3 is 1.81 bits per heavy atom. The Labute approximate surface area is 93.8 Å². The third-order valence-corrected chi connectivity index (χ3v) is 2.20. The molecule has 0 spiro atoms. The molecule has 16 heavy (non-hydrogen) atoms. The van der Waals surface area contributed by atoms with Crippen LogP contribution in [0.4, 0.5) is 0 Å². The van der Waals surface area contributed by atoms with Gasteiger partial charge in [0, 0.05) is 21.0 Å². The molecule has 1 aliphatic rings. The summed E-state index contributed by atoms with van der Waals surface area (Å²) in [6.07, 6.45) is -1.57. The molecular weight excluding hydrogens is 216 g/mol. The standard InChI is InChI=1S/C10H16O6/c1-6(11)15-8-4-14-5-9(10(8)13-3)16-7(2)12/h8-10H,4-5H2,1-3H3. The molecule has 0 aromatic rings. The number of hydrogen-bond acceptors (Lipinski definition) is 6. The van der Waals surface area contributed by atoms with E-state index in [0.717, 1.165) is 0 Å². The molecule has 6 heteroatoms. The highest BCUT2D eigenvalue weighted by Gasteiger charge is 2.38. The fourth-order valence-electron chi connectivity index (χ4n) is 1.66. The SMILES string of the molecule is COC1C(OC(C)=O)COCC1OC(C)=O. The van der Waals surface area contributed by atoms with E-state index >= 15 is 0 Å². The summed E-state index contributed by atoms with van der Waals surface area (Å²) < 4.78 is 20.4. The molecule has 0 aromatic carbocycles. The van der Waals surface area contributed by atoms with E-state index in [-0.39, 0.29) is 13.2 Å². The molecule has 0 aliphatic carbocycles. The maximum atomic E-state index is 10.9. The van der Waals surface area contributed by atoms with Gasteiger partial charge in [0.1, 0.15) is 6.10 Å². The summed E-state index contributed by atoms with van der Waals surface area (Å²) in [5, 5.41) is 0. The molecule has 2 unspecified atom stereocenters. The van der Waals surface area contributed by atoms with Crippen molar-refractivity contribution in [1.29, 1.82) is 0 Å². The van der Waals surface area contributed by atoms with E-state index in [0.29, 0.717) is 0 Å². The highest BCUT2D eigenvalue weighted by molar-refractivity contribution is 5.67. The number of hydrogen-bond donors (Lipinski definition) is 0. The van der Waals surface area contributed by atoms with Crippen LogP contribution < -0.4 is 0 Å². The van der Waals surface area contributed by atoms with E-state index in [1.165, 1.54) is 21.0 Å². The smallest absolute Gasteiger partial charge is 0.303 e. The van der Waals surface area contributed by atoms with Crippen LogP contribution in [0.15, 0.2) is 0 Å². The van der Waals surface area contributed by atoms with Crippen LogP contribution in [0.3, 0.4) is 0 Å². The van der Waals surface area contributed by atoms with Crippen LogP contribution >= 0.6 is 0 Å². The molecular formula is C10H16O6. The molecule has 1 aliphatic heterocycles. The van der Waals surface area contributed by atoms with E-state index in [1.54, 1.807) is 0 Å². The van der Waals surface area contributed by atoms with Crippen molar-refractivity contribution in [2.24, 2.45) is 0 Å². The van der Waals surface area contributed by atoms with E-state index in [2.05, 4.69) is 0 Å². The number of rotatable bonds is 3. The monoisotopic (exact) mass is 232 g/mol. The molecule has 0 radical (unpaired) electrons. The summed E-state index contributed by atoms with van der Waals surface area (Å²) in [4.78, 5) is 21.7. The second kappa shape index (κ2) is 5.81. The second-order valence-corrected chi connectivity index (χ2v) is 3.53. The molecule has 92 valence electrons. The summed E-state index contributed by atoms with van der Waals surface area (Å²) in [5.41, 5.74) is 0. The molecule has 1 fully saturated rings. The van der Waals surface area contributed by atoms with Crippen molar-refractivity contribution in [2.45, 2.75) is 32.2 Å². The molecule has 1 saturated heterocycles. The predicted molar refractivity (Wildman–Crippen MR) is 52.7 cm³/mol. The average molecular weight is 232 g/mol. The molecule has 0 N–H and O–H groups in total. The Kier molecular flexibility index (Phi) is 4.70. The lowest BCUT2D eigenvalue weighted by atomic mass is 10.1. The van der Waals surface area contributed by atoms with Crippen LogP contribution in [0.2, 0.25) is 0 Å². The van der Waals surface area contributed by atoms with E-state index in [1.807, 2.05) is 0 Å². The maximum absolute atomic E-state index is 10.9.